The van der Waals surface area contributed by atoms with Crippen LogP contribution >= 0.6 is 24.0 Å². The van der Waals surface area contributed by atoms with Gasteiger partial charge in [0.15, 0.2) is 0 Å². The highest BCUT2D eigenvalue weighted by Crippen LogP contribution is 2.32. The third-order valence-electron chi connectivity index (χ3n) is 4.00. The Morgan fingerprint density at radius 1 is 1.20 bits per heavy atom. The van der Waals surface area contributed by atoms with E-state index in [9.17, 15) is 4.79 Å². The van der Waals surface area contributed by atoms with Crippen LogP contribution in [0, 0.1) is 6.92 Å². The van der Waals surface area contributed by atoms with E-state index < -0.39 is 0 Å². The van der Waals surface area contributed by atoms with Crippen molar-refractivity contribution in [3.05, 3.63) is 70.1 Å². The summed E-state index contributed by atoms with van der Waals surface area (Å²) in [6.07, 6.45) is 1.87. The first-order valence-electron chi connectivity index (χ1n) is 8.11. The molecule has 2 aromatic carbocycles. The van der Waals surface area contributed by atoms with Crippen LogP contribution in [0.3, 0.4) is 0 Å². The van der Waals surface area contributed by atoms with Crippen molar-refractivity contribution in [2.24, 2.45) is 0 Å². The maximum Gasteiger partial charge on any atom is 0.266 e. The normalized spacial score (nSPS) is 15.9. The Bertz CT molecular complexity index is 845. The van der Waals surface area contributed by atoms with E-state index in [2.05, 4.69) is 19.1 Å². The minimum Gasteiger partial charge on any atom is -0.489 e. The molecule has 0 aliphatic carbocycles. The molecule has 0 saturated carbocycles. The molecule has 0 radical (unpaired) electrons. The van der Waals surface area contributed by atoms with Gasteiger partial charge in [0.1, 0.15) is 16.7 Å². The van der Waals surface area contributed by atoms with Gasteiger partial charge >= 0.3 is 0 Å². The molecular weight excluding hydrogens is 350 g/mol. The van der Waals surface area contributed by atoms with Crippen LogP contribution in [0.4, 0.5) is 0 Å². The number of aryl methyl sites for hydroxylation is 1. The van der Waals surface area contributed by atoms with E-state index in [0.717, 1.165) is 16.9 Å². The summed E-state index contributed by atoms with van der Waals surface area (Å²) in [5.74, 6) is 0.756. The highest BCUT2D eigenvalue weighted by Gasteiger charge is 2.30. The van der Waals surface area contributed by atoms with Gasteiger partial charge in [-0.15, -0.1) is 0 Å². The molecule has 25 heavy (non-hydrogen) atoms. The molecule has 3 nitrogen and oxygen atoms in total. The number of benzene rings is 2. The SMILES string of the molecule is CCN1C(=O)C(=Cc2cccc(OCc3ccccc3C)c2)SC1=S. The second-order valence-electron chi connectivity index (χ2n) is 5.71. The Hall–Kier alpha value is -2.11. The summed E-state index contributed by atoms with van der Waals surface area (Å²) in [5, 5.41) is 0. The quantitative estimate of drug-likeness (QED) is 0.559. The van der Waals surface area contributed by atoms with Gasteiger partial charge in [-0.2, -0.15) is 0 Å². The van der Waals surface area contributed by atoms with Crippen LogP contribution in [0.5, 0.6) is 5.75 Å². The van der Waals surface area contributed by atoms with E-state index in [1.165, 1.54) is 17.3 Å². The van der Waals surface area contributed by atoms with E-state index in [1.54, 1.807) is 4.90 Å². The van der Waals surface area contributed by atoms with Crippen molar-refractivity contribution in [3.8, 4) is 5.75 Å². The third kappa shape index (κ3) is 4.11. The van der Waals surface area contributed by atoms with Crippen LogP contribution in [-0.4, -0.2) is 21.7 Å². The molecule has 1 amide bonds. The van der Waals surface area contributed by atoms with E-state index in [4.69, 9.17) is 17.0 Å². The molecule has 3 rings (SSSR count). The van der Waals surface area contributed by atoms with Gasteiger partial charge in [-0.05, 0) is 48.7 Å². The first-order valence-corrected chi connectivity index (χ1v) is 9.33. The molecule has 1 fully saturated rings. The van der Waals surface area contributed by atoms with Crippen LogP contribution < -0.4 is 4.74 Å². The number of rotatable bonds is 5. The summed E-state index contributed by atoms with van der Waals surface area (Å²) in [6.45, 7) is 5.12. The molecule has 1 aliphatic heterocycles. The molecule has 2 aromatic rings. The molecule has 0 atom stereocenters. The number of likely N-dealkylation sites (N-methyl/N-ethyl adjacent to an activating group) is 1. The van der Waals surface area contributed by atoms with Crippen LogP contribution in [0.15, 0.2) is 53.4 Å². The van der Waals surface area contributed by atoms with Gasteiger partial charge in [0.25, 0.3) is 5.91 Å². The van der Waals surface area contributed by atoms with Crippen molar-refractivity contribution in [1.82, 2.24) is 4.90 Å². The molecule has 0 spiro atoms. The predicted molar refractivity (Wildman–Crippen MR) is 108 cm³/mol. The molecule has 0 bridgehead atoms. The van der Waals surface area contributed by atoms with Crippen molar-refractivity contribution in [3.63, 3.8) is 0 Å². The van der Waals surface area contributed by atoms with Crippen LogP contribution in [0.25, 0.3) is 6.08 Å². The molecule has 0 unspecified atom stereocenters. The van der Waals surface area contributed by atoms with Crippen LogP contribution in [0.2, 0.25) is 0 Å². The van der Waals surface area contributed by atoms with Gasteiger partial charge in [0, 0.05) is 6.54 Å². The van der Waals surface area contributed by atoms with Crippen molar-refractivity contribution in [1.29, 1.82) is 0 Å². The van der Waals surface area contributed by atoms with Gasteiger partial charge in [-0.3, -0.25) is 9.69 Å². The van der Waals surface area contributed by atoms with E-state index in [1.807, 2.05) is 49.4 Å². The maximum absolute atomic E-state index is 12.3. The molecule has 1 heterocycles. The summed E-state index contributed by atoms with van der Waals surface area (Å²) in [7, 11) is 0. The largest absolute Gasteiger partial charge is 0.489 e. The number of amides is 1. The summed E-state index contributed by atoms with van der Waals surface area (Å²) in [4.78, 5) is 14.6. The maximum atomic E-state index is 12.3. The Morgan fingerprint density at radius 3 is 2.72 bits per heavy atom. The molecule has 128 valence electrons. The minimum atomic E-state index is -0.0243. The zero-order chi connectivity index (χ0) is 17.8. The van der Waals surface area contributed by atoms with E-state index >= 15 is 0 Å². The van der Waals surface area contributed by atoms with Crippen molar-refractivity contribution in [2.45, 2.75) is 20.5 Å². The van der Waals surface area contributed by atoms with Gasteiger partial charge in [-0.25, -0.2) is 0 Å². The Morgan fingerprint density at radius 2 is 2.00 bits per heavy atom. The van der Waals surface area contributed by atoms with Crippen molar-refractivity contribution in [2.75, 3.05) is 6.54 Å². The predicted octanol–water partition coefficient (Wildman–Crippen LogP) is 4.80. The van der Waals surface area contributed by atoms with Crippen molar-refractivity contribution < 1.29 is 9.53 Å². The fraction of sp³-hybridized carbons (Fsp3) is 0.200. The van der Waals surface area contributed by atoms with Crippen LogP contribution in [0.1, 0.15) is 23.6 Å². The monoisotopic (exact) mass is 369 g/mol. The van der Waals surface area contributed by atoms with Gasteiger partial charge in [-0.1, -0.05) is 60.4 Å². The lowest BCUT2D eigenvalue weighted by molar-refractivity contribution is -0.121. The number of nitrogens with zero attached hydrogens (tertiary/aromatic N) is 1. The summed E-state index contributed by atoms with van der Waals surface area (Å²) >= 11 is 6.59. The first kappa shape index (κ1) is 17.7. The van der Waals surface area contributed by atoms with Crippen molar-refractivity contribution >= 4 is 40.3 Å². The topological polar surface area (TPSA) is 29.5 Å². The molecule has 0 aromatic heterocycles. The number of thiocarbonyl (C=S) groups is 1. The first-order chi connectivity index (χ1) is 12.1. The number of hydrogen-bond acceptors (Lipinski definition) is 4. The highest BCUT2D eigenvalue weighted by molar-refractivity contribution is 8.26. The zero-order valence-corrected chi connectivity index (χ0v) is 15.8. The minimum absolute atomic E-state index is 0.0243. The second-order valence-corrected chi connectivity index (χ2v) is 7.39. The van der Waals surface area contributed by atoms with Gasteiger partial charge < -0.3 is 4.74 Å². The summed E-state index contributed by atoms with van der Waals surface area (Å²) in [6, 6.07) is 15.9. The lowest BCUT2D eigenvalue weighted by Crippen LogP contribution is -2.27. The molecule has 5 heteroatoms. The lowest BCUT2D eigenvalue weighted by atomic mass is 10.1. The molecule has 1 saturated heterocycles. The number of carbonyl (C=O) groups excluding carboxylic acids is 1. The number of thioether (sulfide) groups is 1. The second kappa shape index (κ2) is 7.85. The average molecular weight is 370 g/mol. The Balaban J connectivity index is 1.74. The number of hydrogen-bond donors (Lipinski definition) is 0. The Kier molecular flexibility index (Phi) is 5.56. The smallest absolute Gasteiger partial charge is 0.266 e. The van der Waals surface area contributed by atoms with E-state index in [0.29, 0.717) is 22.4 Å². The summed E-state index contributed by atoms with van der Waals surface area (Å²) in [5.41, 5.74) is 3.30. The van der Waals surface area contributed by atoms with Crippen LogP contribution in [-0.2, 0) is 11.4 Å². The standard InChI is InChI=1S/C20H19NO2S2/c1-3-21-19(22)18(25-20(21)24)12-15-8-6-10-17(11-15)23-13-16-9-5-4-7-14(16)2/h4-12H,3,13H2,1-2H3. The molecular formula is C20H19NO2S2. The third-order valence-corrected chi connectivity index (χ3v) is 5.38. The van der Waals surface area contributed by atoms with Gasteiger partial charge in [0.2, 0.25) is 0 Å². The summed E-state index contributed by atoms with van der Waals surface area (Å²) < 4.78 is 6.53. The van der Waals surface area contributed by atoms with Gasteiger partial charge in [0.05, 0.1) is 4.91 Å². The highest BCUT2D eigenvalue weighted by atomic mass is 32.2. The Labute approximate surface area is 157 Å². The number of carbonyl (C=O) groups is 1. The fourth-order valence-corrected chi connectivity index (χ4v) is 3.94. The number of ether oxygens (including phenoxy) is 1. The lowest BCUT2D eigenvalue weighted by Gasteiger charge is -2.10. The zero-order valence-electron chi connectivity index (χ0n) is 14.2. The molecule has 0 N–H and O–H groups in total. The molecule has 1 aliphatic rings. The average Bonchev–Trinajstić information content (AvgIpc) is 2.87. The fourth-order valence-electron chi connectivity index (χ4n) is 2.55. The van der Waals surface area contributed by atoms with E-state index in [-0.39, 0.29) is 5.91 Å².